The SMILES string of the molecule is CC(=O)OC1[C@@H](OC(C)=O)OC(C)[C@H](C)[C@@H]1C. The Morgan fingerprint density at radius 3 is 1.94 bits per heavy atom. The smallest absolute Gasteiger partial charge is 0.305 e. The molecule has 17 heavy (non-hydrogen) atoms. The summed E-state index contributed by atoms with van der Waals surface area (Å²) in [5.74, 6) is -0.538. The van der Waals surface area contributed by atoms with Crippen molar-refractivity contribution in [3.8, 4) is 0 Å². The lowest BCUT2D eigenvalue weighted by Crippen LogP contribution is -2.51. The second-order valence-electron chi connectivity index (χ2n) is 4.61. The van der Waals surface area contributed by atoms with Crippen LogP contribution < -0.4 is 0 Å². The zero-order chi connectivity index (χ0) is 13.2. The van der Waals surface area contributed by atoms with Crippen molar-refractivity contribution in [2.24, 2.45) is 11.8 Å². The van der Waals surface area contributed by atoms with Gasteiger partial charge in [0.25, 0.3) is 0 Å². The highest BCUT2D eigenvalue weighted by atomic mass is 16.7. The van der Waals surface area contributed by atoms with E-state index in [0.29, 0.717) is 0 Å². The van der Waals surface area contributed by atoms with E-state index in [1.165, 1.54) is 13.8 Å². The van der Waals surface area contributed by atoms with Gasteiger partial charge in [-0.25, -0.2) is 0 Å². The van der Waals surface area contributed by atoms with Gasteiger partial charge in [0.05, 0.1) is 6.10 Å². The van der Waals surface area contributed by atoms with E-state index in [2.05, 4.69) is 0 Å². The van der Waals surface area contributed by atoms with Crippen molar-refractivity contribution in [1.82, 2.24) is 0 Å². The fourth-order valence-corrected chi connectivity index (χ4v) is 2.00. The highest BCUT2D eigenvalue weighted by molar-refractivity contribution is 5.67. The van der Waals surface area contributed by atoms with Crippen LogP contribution in [-0.4, -0.2) is 30.4 Å². The lowest BCUT2D eigenvalue weighted by atomic mass is 9.84. The largest absolute Gasteiger partial charge is 0.456 e. The first-order valence-electron chi connectivity index (χ1n) is 5.82. The molecule has 0 aromatic heterocycles. The summed E-state index contributed by atoms with van der Waals surface area (Å²) in [7, 11) is 0. The predicted molar refractivity (Wildman–Crippen MR) is 60.0 cm³/mol. The first-order chi connectivity index (χ1) is 7.82. The highest BCUT2D eigenvalue weighted by Gasteiger charge is 2.43. The maximum atomic E-state index is 11.1. The van der Waals surface area contributed by atoms with Crippen molar-refractivity contribution >= 4 is 11.9 Å². The molecule has 0 saturated carbocycles. The van der Waals surface area contributed by atoms with Crippen molar-refractivity contribution in [3.05, 3.63) is 0 Å². The molecule has 5 nitrogen and oxygen atoms in total. The van der Waals surface area contributed by atoms with Gasteiger partial charge in [0.15, 0.2) is 6.10 Å². The van der Waals surface area contributed by atoms with Crippen LogP contribution in [0.1, 0.15) is 34.6 Å². The molecule has 0 aliphatic carbocycles. The van der Waals surface area contributed by atoms with Gasteiger partial charge in [-0.05, 0) is 12.8 Å². The minimum absolute atomic E-state index is 0.0406. The molecule has 2 unspecified atom stereocenters. The van der Waals surface area contributed by atoms with Crippen LogP contribution in [0.3, 0.4) is 0 Å². The Labute approximate surface area is 101 Å². The van der Waals surface area contributed by atoms with Crippen LogP contribution in [-0.2, 0) is 23.8 Å². The van der Waals surface area contributed by atoms with Gasteiger partial charge < -0.3 is 14.2 Å². The molecule has 0 aromatic rings. The molecule has 0 bridgehead atoms. The van der Waals surface area contributed by atoms with Gasteiger partial charge in [-0.2, -0.15) is 0 Å². The maximum Gasteiger partial charge on any atom is 0.305 e. The summed E-state index contributed by atoms with van der Waals surface area (Å²) in [5, 5.41) is 0. The van der Waals surface area contributed by atoms with Crippen molar-refractivity contribution in [3.63, 3.8) is 0 Å². The highest BCUT2D eigenvalue weighted by Crippen LogP contribution is 2.33. The Morgan fingerprint density at radius 1 is 0.941 bits per heavy atom. The molecular weight excluding hydrogens is 224 g/mol. The minimum Gasteiger partial charge on any atom is -0.456 e. The molecule has 1 heterocycles. The maximum absolute atomic E-state index is 11.1. The number of hydrogen-bond donors (Lipinski definition) is 0. The topological polar surface area (TPSA) is 61.8 Å². The Morgan fingerprint density at radius 2 is 1.47 bits per heavy atom. The molecule has 0 spiro atoms. The number of carbonyl (C=O) groups is 2. The summed E-state index contributed by atoms with van der Waals surface area (Å²) in [6, 6.07) is 0. The van der Waals surface area contributed by atoms with E-state index >= 15 is 0 Å². The second-order valence-corrected chi connectivity index (χ2v) is 4.61. The van der Waals surface area contributed by atoms with E-state index in [1.54, 1.807) is 0 Å². The number of ether oxygens (including phenoxy) is 3. The van der Waals surface area contributed by atoms with Crippen LogP contribution in [0.25, 0.3) is 0 Å². The normalized spacial score (nSPS) is 37.4. The molecule has 1 saturated heterocycles. The van der Waals surface area contributed by atoms with Crippen LogP contribution in [0, 0.1) is 11.8 Å². The fourth-order valence-electron chi connectivity index (χ4n) is 2.00. The lowest BCUT2D eigenvalue weighted by Gasteiger charge is -2.42. The molecule has 1 rings (SSSR count). The number of rotatable bonds is 2. The Hall–Kier alpha value is -1.10. The van der Waals surface area contributed by atoms with Crippen LogP contribution in [0.2, 0.25) is 0 Å². The van der Waals surface area contributed by atoms with Crippen molar-refractivity contribution in [2.75, 3.05) is 0 Å². The number of carbonyl (C=O) groups excluding carboxylic acids is 2. The first-order valence-corrected chi connectivity index (χ1v) is 5.82. The molecule has 5 atom stereocenters. The van der Waals surface area contributed by atoms with Gasteiger partial charge in [-0.15, -0.1) is 0 Å². The third-order valence-electron chi connectivity index (χ3n) is 3.29. The van der Waals surface area contributed by atoms with E-state index in [-0.39, 0.29) is 17.9 Å². The molecule has 0 amide bonds. The molecule has 1 aliphatic rings. The zero-order valence-corrected chi connectivity index (χ0v) is 10.9. The second kappa shape index (κ2) is 5.49. The van der Waals surface area contributed by atoms with Gasteiger partial charge >= 0.3 is 11.9 Å². The molecule has 1 fully saturated rings. The van der Waals surface area contributed by atoms with Crippen LogP contribution in [0.15, 0.2) is 0 Å². The summed E-state index contributed by atoms with van der Waals surface area (Å²) in [6.45, 7) is 8.55. The summed E-state index contributed by atoms with van der Waals surface area (Å²) in [6.07, 6.45) is -1.39. The minimum atomic E-state index is -0.808. The molecule has 98 valence electrons. The summed E-state index contributed by atoms with van der Waals surface area (Å²) in [4.78, 5) is 22.1. The first kappa shape index (κ1) is 14.0. The van der Waals surface area contributed by atoms with Gasteiger partial charge in [-0.1, -0.05) is 13.8 Å². The standard InChI is InChI=1S/C12H20O5/c1-6-7(2)11(16-9(4)13)12(15-8(6)3)17-10(5)14/h6-8,11-12H,1-5H3/t6-,7+,8?,11?,12-/m1/s1. The third-order valence-corrected chi connectivity index (χ3v) is 3.29. The van der Waals surface area contributed by atoms with Crippen molar-refractivity contribution in [2.45, 2.75) is 53.1 Å². The quantitative estimate of drug-likeness (QED) is 0.689. The number of hydrogen-bond acceptors (Lipinski definition) is 5. The summed E-state index contributed by atoms with van der Waals surface area (Å²) in [5.41, 5.74) is 0. The van der Waals surface area contributed by atoms with Crippen LogP contribution in [0.4, 0.5) is 0 Å². The molecule has 0 N–H and O–H groups in total. The molecular formula is C12H20O5. The zero-order valence-electron chi connectivity index (χ0n) is 10.9. The average molecular weight is 244 g/mol. The number of esters is 2. The molecule has 5 heteroatoms. The summed E-state index contributed by atoms with van der Waals surface area (Å²) >= 11 is 0. The van der Waals surface area contributed by atoms with E-state index in [4.69, 9.17) is 14.2 Å². The van der Waals surface area contributed by atoms with Crippen LogP contribution in [0.5, 0.6) is 0 Å². The van der Waals surface area contributed by atoms with Crippen LogP contribution >= 0.6 is 0 Å². The molecule has 1 aliphatic heterocycles. The Bertz CT molecular complexity index is 301. The van der Waals surface area contributed by atoms with E-state index in [0.717, 1.165) is 0 Å². The lowest BCUT2D eigenvalue weighted by molar-refractivity contribution is -0.263. The average Bonchev–Trinajstić information content (AvgIpc) is 2.20. The Balaban J connectivity index is 2.82. The van der Waals surface area contributed by atoms with Gasteiger partial charge in [0.1, 0.15) is 0 Å². The van der Waals surface area contributed by atoms with Gasteiger partial charge in [-0.3, -0.25) is 9.59 Å². The predicted octanol–water partition coefficient (Wildman–Crippen LogP) is 1.50. The van der Waals surface area contributed by atoms with Crippen molar-refractivity contribution < 1.29 is 23.8 Å². The molecule has 0 radical (unpaired) electrons. The molecule has 0 aromatic carbocycles. The van der Waals surface area contributed by atoms with Gasteiger partial charge in [0.2, 0.25) is 6.29 Å². The fraction of sp³-hybridized carbons (Fsp3) is 0.833. The Kier molecular flexibility index (Phi) is 4.51. The third kappa shape index (κ3) is 3.43. The van der Waals surface area contributed by atoms with Gasteiger partial charge in [0, 0.05) is 19.8 Å². The van der Waals surface area contributed by atoms with E-state index in [1.807, 2.05) is 20.8 Å². The van der Waals surface area contributed by atoms with E-state index < -0.39 is 24.3 Å². The van der Waals surface area contributed by atoms with E-state index in [9.17, 15) is 9.59 Å². The summed E-state index contributed by atoms with van der Waals surface area (Å²) < 4.78 is 15.8. The monoisotopic (exact) mass is 244 g/mol. The van der Waals surface area contributed by atoms with Crippen molar-refractivity contribution in [1.29, 1.82) is 0 Å².